The van der Waals surface area contributed by atoms with Crippen LogP contribution in [0.4, 0.5) is 0 Å². The highest BCUT2D eigenvalue weighted by Gasteiger charge is 2.14. The van der Waals surface area contributed by atoms with Crippen molar-refractivity contribution in [2.45, 2.75) is 31.4 Å². The Hall–Kier alpha value is -0.740. The molecule has 1 saturated carbocycles. The predicted octanol–water partition coefficient (Wildman–Crippen LogP) is 4.27. The summed E-state index contributed by atoms with van der Waals surface area (Å²) in [7, 11) is 0. The van der Waals surface area contributed by atoms with Gasteiger partial charge in [-0.15, -0.1) is 11.3 Å². The molecule has 1 aliphatic carbocycles. The molecule has 4 heteroatoms. The lowest BCUT2D eigenvalue weighted by Crippen LogP contribution is -1.96. The predicted molar refractivity (Wildman–Crippen MR) is 79.1 cm³/mol. The number of aliphatic carboxylic acids is 1. The quantitative estimate of drug-likeness (QED) is 0.792. The molecule has 98 valence electrons. The second-order valence-electron chi connectivity index (χ2n) is 4.68. The fraction of sp³-hybridized carbons (Fsp3) is 0.500. The largest absolute Gasteiger partial charge is 0.478 e. The third-order valence-corrected chi connectivity index (χ3v) is 5.52. The van der Waals surface area contributed by atoms with Gasteiger partial charge >= 0.3 is 5.97 Å². The average Bonchev–Trinajstić information content (AvgIpc) is 2.97. The zero-order valence-corrected chi connectivity index (χ0v) is 11.9. The Bertz CT molecular complexity index is 417. The van der Waals surface area contributed by atoms with Gasteiger partial charge in [0.05, 0.1) is 0 Å². The lowest BCUT2D eigenvalue weighted by Gasteiger charge is -2.06. The second-order valence-corrected chi connectivity index (χ2v) is 6.71. The van der Waals surface area contributed by atoms with Gasteiger partial charge in [0, 0.05) is 16.7 Å². The van der Waals surface area contributed by atoms with Crippen molar-refractivity contribution in [3.8, 4) is 0 Å². The van der Waals surface area contributed by atoms with Gasteiger partial charge in [0.2, 0.25) is 0 Å². The number of carboxylic acids is 1. The van der Waals surface area contributed by atoms with Crippen molar-refractivity contribution in [2.24, 2.45) is 5.92 Å². The molecule has 18 heavy (non-hydrogen) atoms. The van der Waals surface area contributed by atoms with Crippen LogP contribution < -0.4 is 0 Å². The first kappa shape index (κ1) is 13.7. The summed E-state index contributed by atoms with van der Waals surface area (Å²) in [5.41, 5.74) is 0.999. The van der Waals surface area contributed by atoms with Gasteiger partial charge in [0.1, 0.15) is 0 Å². The molecule has 1 fully saturated rings. The van der Waals surface area contributed by atoms with E-state index in [1.165, 1.54) is 42.4 Å². The van der Waals surface area contributed by atoms with Gasteiger partial charge in [-0.05, 0) is 47.6 Å². The monoisotopic (exact) mass is 282 g/mol. The van der Waals surface area contributed by atoms with Crippen molar-refractivity contribution in [3.05, 3.63) is 28.0 Å². The molecule has 0 unspecified atom stereocenters. The SMILES string of the molecule is O=C(O)C=Cc1csc(CSCC2CCCC2)c1. The fourth-order valence-corrected chi connectivity index (χ4v) is 4.46. The summed E-state index contributed by atoms with van der Waals surface area (Å²) in [5.74, 6) is 2.37. The van der Waals surface area contributed by atoms with Crippen LogP contribution in [0.3, 0.4) is 0 Å². The molecule has 2 rings (SSSR count). The highest BCUT2D eigenvalue weighted by atomic mass is 32.2. The van der Waals surface area contributed by atoms with Crippen LogP contribution >= 0.6 is 23.1 Å². The van der Waals surface area contributed by atoms with Crippen LogP contribution in [-0.4, -0.2) is 16.8 Å². The van der Waals surface area contributed by atoms with Crippen LogP contribution in [0.2, 0.25) is 0 Å². The van der Waals surface area contributed by atoms with Gasteiger partial charge in [0.15, 0.2) is 0 Å². The van der Waals surface area contributed by atoms with Crippen LogP contribution in [0, 0.1) is 5.92 Å². The number of thioether (sulfide) groups is 1. The maximum atomic E-state index is 10.4. The standard InChI is InChI=1S/C14H18O2S2/c15-14(16)6-5-12-7-13(18-9-12)10-17-8-11-3-1-2-4-11/h5-7,9,11H,1-4,8,10H2,(H,15,16). The van der Waals surface area contributed by atoms with Crippen LogP contribution in [0.25, 0.3) is 6.08 Å². The fourth-order valence-electron chi connectivity index (χ4n) is 2.23. The Morgan fingerprint density at radius 3 is 3.00 bits per heavy atom. The maximum absolute atomic E-state index is 10.4. The maximum Gasteiger partial charge on any atom is 0.328 e. The minimum atomic E-state index is -0.890. The number of carbonyl (C=O) groups is 1. The summed E-state index contributed by atoms with van der Waals surface area (Å²) in [4.78, 5) is 11.7. The summed E-state index contributed by atoms with van der Waals surface area (Å²) in [6.45, 7) is 0. The topological polar surface area (TPSA) is 37.3 Å². The van der Waals surface area contributed by atoms with Gasteiger partial charge in [-0.3, -0.25) is 0 Å². The van der Waals surface area contributed by atoms with Gasteiger partial charge in [-0.2, -0.15) is 11.8 Å². The minimum absolute atomic E-state index is 0.890. The third kappa shape index (κ3) is 4.50. The van der Waals surface area contributed by atoms with Gasteiger partial charge < -0.3 is 5.11 Å². The van der Waals surface area contributed by atoms with E-state index in [1.54, 1.807) is 17.4 Å². The smallest absolute Gasteiger partial charge is 0.328 e. The molecule has 1 aromatic heterocycles. The number of thiophene rings is 1. The molecule has 1 aliphatic rings. The summed E-state index contributed by atoms with van der Waals surface area (Å²) in [5, 5.41) is 10.6. The molecular formula is C14H18O2S2. The van der Waals surface area contributed by atoms with Gasteiger partial charge in [-0.25, -0.2) is 4.79 Å². The van der Waals surface area contributed by atoms with Gasteiger partial charge in [0.25, 0.3) is 0 Å². The van der Waals surface area contributed by atoms with E-state index >= 15 is 0 Å². The van der Waals surface area contributed by atoms with Crippen LogP contribution in [-0.2, 0) is 10.5 Å². The van der Waals surface area contributed by atoms with Crippen molar-refractivity contribution in [2.75, 3.05) is 5.75 Å². The number of hydrogen-bond acceptors (Lipinski definition) is 3. The molecule has 0 bridgehead atoms. The lowest BCUT2D eigenvalue weighted by atomic mass is 10.1. The second kappa shape index (κ2) is 7.00. The Morgan fingerprint density at radius 2 is 2.28 bits per heavy atom. The van der Waals surface area contributed by atoms with Crippen molar-refractivity contribution < 1.29 is 9.90 Å². The van der Waals surface area contributed by atoms with Gasteiger partial charge in [-0.1, -0.05) is 12.8 Å². The molecule has 0 aliphatic heterocycles. The molecule has 0 amide bonds. The number of rotatable bonds is 6. The van der Waals surface area contributed by atoms with E-state index in [-0.39, 0.29) is 0 Å². The van der Waals surface area contributed by atoms with E-state index in [0.717, 1.165) is 17.2 Å². The normalized spacial score (nSPS) is 16.7. The molecule has 1 N–H and O–H groups in total. The molecule has 1 aromatic rings. The van der Waals surface area contributed by atoms with Crippen molar-refractivity contribution in [1.29, 1.82) is 0 Å². The Kier molecular flexibility index (Phi) is 5.32. The summed E-state index contributed by atoms with van der Waals surface area (Å²) < 4.78 is 0. The van der Waals surface area contributed by atoms with Crippen LogP contribution in [0.1, 0.15) is 36.1 Å². The first-order chi connectivity index (χ1) is 8.74. The van der Waals surface area contributed by atoms with Crippen molar-refractivity contribution in [3.63, 3.8) is 0 Å². The summed E-state index contributed by atoms with van der Waals surface area (Å²) in [6.07, 6.45) is 8.48. The zero-order chi connectivity index (χ0) is 12.8. The number of carboxylic acid groups (broad SMARTS) is 1. The third-order valence-electron chi connectivity index (χ3n) is 3.17. The first-order valence-electron chi connectivity index (χ1n) is 6.30. The number of hydrogen-bond donors (Lipinski definition) is 1. The van der Waals surface area contributed by atoms with E-state index in [4.69, 9.17) is 5.11 Å². The van der Waals surface area contributed by atoms with E-state index in [2.05, 4.69) is 6.07 Å². The molecular weight excluding hydrogens is 264 g/mol. The summed E-state index contributed by atoms with van der Waals surface area (Å²) >= 11 is 3.73. The van der Waals surface area contributed by atoms with Crippen molar-refractivity contribution in [1.82, 2.24) is 0 Å². The van der Waals surface area contributed by atoms with E-state index in [0.29, 0.717) is 0 Å². The van der Waals surface area contributed by atoms with Crippen LogP contribution in [0.15, 0.2) is 17.5 Å². The van der Waals surface area contributed by atoms with E-state index in [1.807, 2.05) is 17.1 Å². The van der Waals surface area contributed by atoms with Crippen molar-refractivity contribution >= 4 is 35.1 Å². The Balaban J connectivity index is 1.74. The molecule has 0 aromatic carbocycles. The highest BCUT2D eigenvalue weighted by molar-refractivity contribution is 7.98. The zero-order valence-electron chi connectivity index (χ0n) is 10.3. The molecule has 2 nitrogen and oxygen atoms in total. The lowest BCUT2D eigenvalue weighted by molar-refractivity contribution is -0.131. The Morgan fingerprint density at radius 1 is 1.50 bits per heavy atom. The van der Waals surface area contributed by atoms with Crippen LogP contribution in [0.5, 0.6) is 0 Å². The molecule has 0 radical (unpaired) electrons. The summed E-state index contributed by atoms with van der Waals surface area (Å²) in [6, 6.07) is 2.09. The molecule has 0 saturated heterocycles. The Labute approximate surface area is 116 Å². The first-order valence-corrected chi connectivity index (χ1v) is 8.33. The molecule has 0 spiro atoms. The highest BCUT2D eigenvalue weighted by Crippen LogP contribution is 2.30. The molecule has 1 heterocycles. The molecule has 0 atom stereocenters. The minimum Gasteiger partial charge on any atom is -0.478 e. The van der Waals surface area contributed by atoms with E-state index in [9.17, 15) is 4.79 Å². The average molecular weight is 282 g/mol. The van der Waals surface area contributed by atoms with E-state index < -0.39 is 5.97 Å².